The summed E-state index contributed by atoms with van der Waals surface area (Å²) in [6, 6.07) is 13.8. The van der Waals surface area contributed by atoms with Crippen molar-refractivity contribution in [3.8, 4) is 0 Å². The van der Waals surface area contributed by atoms with E-state index in [1.54, 1.807) is 0 Å². The highest BCUT2D eigenvalue weighted by Gasteiger charge is 2.15. The second kappa shape index (κ2) is 9.00. The van der Waals surface area contributed by atoms with Crippen LogP contribution in [0.2, 0.25) is 0 Å². The molecule has 4 heteroatoms. The fraction of sp³-hybridized carbons (Fsp3) is 0.478. The van der Waals surface area contributed by atoms with Crippen molar-refractivity contribution < 1.29 is 0 Å². The molecule has 0 spiro atoms. The third kappa shape index (κ3) is 4.71. The van der Waals surface area contributed by atoms with Gasteiger partial charge in [-0.05, 0) is 80.3 Å². The first kappa shape index (κ1) is 19.3. The topological polar surface area (TPSA) is 6.48 Å². The minimum Gasteiger partial charge on any atom is -0.372 e. The molecule has 2 aliphatic heterocycles. The lowest BCUT2D eigenvalue weighted by Crippen LogP contribution is -2.29. The van der Waals surface area contributed by atoms with Gasteiger partial charge in [-0.3, -0.25) is 0 Å². The average molecular weight is 492 g/mol. The second-order valence-electron chi connectivity index (χ2n) is 7.82. The van der Waals surface area contributed by atoms with E-state index in [4.69, 9.17) is 0 Å². The molecule has 0 bridgehead atoms. The third-order valence-corrected chi connectivity index (χ3v) is 7.37. The Bertz CT molecular complexity index is 712. The summed E-state index contributed by atoms with van der Waals surface area (Å²) in [6.45, 7) is 4.76. The van der Waals surface area contributed by atoms with Crippen molar-refractivity contribution in [2.45, 2.75) is 44.9 Å². The van der Waals surface area contributed by atoms with Gasteiger partial charge in [-0.2, -0.15) is 0 Å². The quantitative estimate of drug-likeness (QED) is 0.464. The second-order valence-corrected chi connectivity index (χ2v) is 9.53. The molecule has 4 rings (SSSR count). The van der Waals surface area contributed by atoms with Crippen molar-refractivity contribution in [1.82, 2.24) is 0 Å². The SMILES string of the molecule is Brc1cc(N2CCCCC2)ccc1Cc1ccc(N2CCCCC2)cc1Br. The van der Waals surface area contributed by atoms with Gasteiger partial charge in [0.25, 0.3) is 0 Å². The molecule has 2 heterocycles. The number of hydrogen-bond acceptors (Lipinski definition) is 2. The fourth-order valence-electron chi connectivity index (χ4n) is 4.26. The first-order valence-corrected chi connectivity index (χ1v) is 11.9. The van der Waals surface area contributed by atoms with E-state index in [0.717, 1.165) is 6.42 Å². The van der Waals surface area contributed by atoms with Crippen LogP contribution in [0.25, 0.3) is 0 Å². The van der Waals surface area contributed by atoms with E-state index >= 15 is 0 Å². The Morgan fingerprint density at radius 3 is 1.37 bits per heavy atom. The number of rotatable bonds is 4. The Labute approximate surface area is 180 Å². The molecule has 0 N–H and O–H groups in total. The van der Waals surface area contributed by atoms with Crippen molar-refractivity contribution in [2.24, 2.45) is 0 Å². The van der Waals surface area contributed by atoms with Gasteiger partial charge in [0, 0.05) is 46.5 Å². The van der Waals surface area contributed by atoms with Crippen molar-refractivity contribution in [1.29, 1.82) is 0 Å². The minimum atomic E-state index is 0.946. The van der Waals surface area contributed by atoms with Crippen molar-refractivity contribution in [3.63, 3.8) is 0 Å². The van der Waals surface area contributed by atoms with E-state index in [9.17, 15) is 0 Å². The Balaban J connectivity index is 1.48. The van der Waals surface area contributed by atoms with Crippen LogP contribution < -0.4 is 9.80 Å². The molecule has 2 fully saturated rings. The Morgan fingerprint density at radius 2 is 1.00 bits per heavy atom. The van der Waals surface area contributed by atoms with Crippen LogP contribution in [0.4, 0.5) is 11.4 Å². The van der Waals surface area contributed by atoms with E-state index in [2.05, 4.69) is 78.1 Å². The fourth-order valence-corrected chi connectivity index (χ4v) is 5.28. The van der Waals surface area contributed by atoms with Gasteiger partial charge in [0.05, 0.1) is 0 Å². The lowest BCUT2D eigenvalue weighted by Gasteiger charge is -2.29. The minimum absolute atomic E-state index is 0.946. The molecular formula is C23H28Br2N2. The Hall–Kier alpha value is -1.00. The zero-order chi connectivity index (χ0) is 18.6. The summed E-state index contributed by atoms with van der Waals surface area (Å²) in [5.41, 5.74) is 5.40. The van der Waals surface area contributed by atoms with Crippen molar-refractivity contribution in [2.75, 3.05) is 36.0 Å². The molecule has 2 aromatic rings. The lowest BCUT2D eigenvalue weighted by atomic mass is 10.0. The predicted molar refractivity (Wildman–Crippen MR) is 123 cm³/mol. The van der Waals surface area contributed by atoms with E-state index in [-0.39, 0.29) is 0 Å². The highest BCUT2D eigenvalue weighted by atomic mass is 79.9. The largest absolute Gasteiger partial charge is 0.372 e. The van der Waals surface area contributed by atoms with Crippen LogP contribution in [-0.4, -0.2) is 26.2 Å². The van der Waals surface area contributed by atoms with Crippen LogP contribution >= 0.6 is 31.9 Å². The highest BCUT2D eigenvalue weighted by molar-refractivity contribution is 9.10. The molecule has 2 nitrogen and oxygen atoms in total. The number of halogens is 2. The first-order chi connectivity index (χ1) is 13.2. The Morgan fingerprint density at radius 1 is 0.593 bits per heavy atom. The van der Waals surface area contributed by atoms with E-state index < -0.39 is 0 Å². The maximum absolute atomic E-state index is 3.82. The molecule has 144 valence electrons. The summed E-state index contributed by atoms with van der Waals surface area (Å²) >= 11 is 7.65. The third-order valence-electron chi connectivity index (χ3n) is 5.90. The zero-order valence-corrected chi connectivity index (χ0v) is 19.1. The molecular weight excluding hydrogens is 464 g/mol. The van der Waals surface area contributed by atoms with E-state index in [0.29, 0.717) is 0 Å². The molecule has 2 aliphatic rings. The van der Waals surface area contributed by atoms with E-state index in [1.165, 1.54) is 96.2 Å². The van der Waals surface area contributed by atoms with Crippen LogP contribution in [0.3, 0.4) is 0 Å². The predicted octanol–water partition coefficient (Wildman–Crippen LogP) is 6.78. The average Bonchev–Trinajstić information content (AvgIpc) is 2.72. The summed E-state index contributed by atoms with van der Waals surface area (Å²) in [4.78, 5) is 5.03. The molecule has 0 radical (unpaired) electrons. The maximum atomic E-state index is 3.82. The van der Waals surface area contributed by atoms with Gasteiger partial charge >= 0.3 is 0 Å². The van der Waals surface area contributed by atoms with Gasteiger partial charge in [-0.25, -0.2) is 0 Å². The molecule has 0 atom stereocenters. The number of hydrogen-bond donors (Lipinski definition) is 0. The summed E-state index contributed by atoms with van der Waals surface area (Å²) in [6.07, 6.45) is 8.95. The van der Waals surface area contributed by atoms with Crippen LogP contribution in [0, 0.1) is 0 Å². The number of benzene rings is 2. The van der Waals surface area contributed by atoms with Gasteiger partial charge in [0.1, 0.15) is 0 Å². The highest BCUT2D eigenvalue weighted by Crippen LogP contribution is 2.31. The van der Waals surface area contributed by atoms with Gasteiger partial charge in [0.15, 0.2) is 0 Å². The molecule has 0 saturated carbocycles. The van der Waals surface area contributed by atoms with Crippen LogP contribution in [0.5, 0.6) is 0 Å². The summed E-state index contributed by atoms with van der Waals surface area (Å²) < 4.78 is 2.44. The number of nitrogens with zero attached hydrogens (tertiary/aromatic N) is 2. The molecule has 27 heavy (non-hydrogen) atoms. The molecule has 2 aromatic carbocycles. The van der Waals surface area contributed by atoms with Crippen LogP contribution in [0.15, 0.2) is 45.3 Å². The normalized spacial score (nSPS) is 18.0. The summed E-state index contributed by atoms with van der Waals surface area (Å²) in [5.74, 6) is 0. The van der Waals surface area contributed by atoms with Gasteiger partial charge in [-0.1, -0.05) is 44.0 Å². The molecule has 0 amide bonds. The monoisotopic (exact) mass is 490 g/mol. The summed E-state index contributed by atoms with van der Waals surface area (Å²) in [7, 11) is 0. The van der Waals surface area contributed by atoms with Crippen LogP contribution in [0.1, 0.15) is 49.7 Å². The van der Waals surface area contributed by atoms with Gasteiger partial charge < -0.3 is 9.80 Å². The van der Waals surface area contributed by atoms with Crippen molar-refractivity contribution in [3.05, 3.63) is 56.5 Å². The maximum Gasteiger partial charge on any atom is 0.0377 e. The lowest BCUT2D eigenvalue weighted by molar-refractivity contribution is 0.577. The molecule has 0 aromatic heterocycles. The van der Waals surface area contributed by atoms with Gasteiger partial charge in [0.2, 0.25) is 0 Å². The summed E-state index contributed by atoms with van der Waals surface area (Å²) in [5, 5.41) is 0. The molecule has 0 unspecified atom stereocenters. The van der Waals surface area contributed by atoms with E-state index in [1.807, 2.05) is 0 Å². The molecule has 0 aliphatic carbocycles. The zero-order valence-electron chi connectivity index (χ0n) is 15.9. The number of piperidine rings is 2. The van der Waals surface area contributed by atoms with Crippen molar-refractivity contribution >= 4 is 43.2 Å². The smallest absolute Gasteiger partial charge is 0.0377 e. The Kier molecular flexibility index (Phi) is 6.44. The van der Waals surface area contributed by atoms with Gasteiger partial charge in [-0.15, -0.1) is 0 Å². The number of anilines is 2. The van der Waals surface area contributed by atoms with Crippen LogP contribution in [-0.2, 0) is 6.42 Å². The molecule has 2 saturated heterocycles. The first-order valence-electron chi connectivity index (χ1n) is 10.3. The standard InChI is InChI=1S/C23H28Br2N2/c24-22-16-20(26-11-3-1-4-12-26)9-7-18(22)15-19-8-10-21(17-23(19)25)27-13-5-2-6-14-27/h7-10,16-17H,1-6,11-15H2.